The van der Waals surface area contributed by atoms with Crippen molar-refractivity contribution in [2.45, 2.75) is 43.9 Å². The van der Waals surface area contributed by atoms with E-state index in [1.165, 1.54) is 10.4 Å². The molecule has 0 unspecified atom stereocenters. The number of hydrogen-bond acceptors (Lipinski definition) is 4. The number of piperidine rings is 1. The third-order valence-electron chi connectivity index (χ3n) is 4.94. The Hall–Kier alpha value is -2.38. The van der Waals surface area contributed by atoms with Gasteiger partial charge in [0.25, 0.3) is 0 Å². The maximum absolute atomic E-state index is 13.2. The van der Waals surface area contributed by atoms with Crippen LogP contribution in [0.5, 0.6) is 5.75 Å². The predicted octanol–water partition coefficient (Wildman–Crippen LogP) is 3.83. The van der Waals surface area contributed by atoms with Gasteiger partial charge in [-0.3, -0.25) is 4.79 Å². The lowest BCUT2D eigenvalue weighted by atomic mass is 10.1. The molecule has 3 rings (SSSR count). The first-order valence-corrected chi connectivity index (χ1v) is 11.6. The normalized spacial score (nSPS) is 15.1. The molecule has 1 aliphatic heterocycles. The molecule has 0 saturated carbocycles. The second-order valence-corrected chi connectivity index (χ2v) is 9.00. The van der Waals surface area contributed by atoms with Crippen molar-refractivity contribution in [3.63, 3.8) is 0 Å². The maximum Gasteiger partial charge on any atom is 0.246 e. The third-order valence-corrected chi connectivity index (χ3v) is 6.86. The van der Waals surface area contributed by atoms with Crippen molar-refractivity contribution >= 4 is 21.6 Å². The minimum absolute atomic E-state index is 0.113. The van der Waals surface area contributed by atoms with E-state index in [0.29, 0.717) is 44.0 Å². The average Bonchev–Trinajstić information content (AvgIpc) is 2.75. The van der Waals surface area contributed by atoms with Gasteiger partial charge in [0.2, 0.25) is 15.9 Å². The average molecular weight is 417 g/mol. The van der Waals surface area contributed by atoms with Crippen LogP contribution in [-0.2, 0) is 21.2 Å². The largest absolute Gasteiger partial charge is 0.492 e. The number of rotatable bonds is 8. The van der Waals surface area contributed by atoms with E-state index in [1.807, 2.05) is 37.3 Å². The molecule has 2 aromatic carbocycles. The van der Waals surface area contributed by atoms with E-state index in [2.05, 4.69) is 5.32 Å². The molecule has 29 heavy (non-hydrogen) atoms. The fourth-order valence-electron chi connectivity index (χ4n) is 3.43. The van der Waals surface area contributed by atoms with Crippen molar-refractivity contribution in [2.24, 2.45) is 0 Å². The predicted molar refractivity (Wildman–Crippen MR) is 114 cm³/mol. The van der Waals surface area contributed by atoms with Crippen molar-refractivity contribution in [3.8, 4) is 5.75 Å². The van der Waals surface area contributed by atoms with Gasteiger partial charge in [-0.05, 0) is 49.9 Å². The minimum Gasteiger partial charge on any atom is -0.492 e. The van der Waals surface area contributed by atoms with Crippen LogP contribution in [-0.4, -0.2) is 38.3 Å². The first-order valence-electron chi connectivity index (χ1n) is 10.1. The molecule has 1 saturated heterocycles. The fourth-order valence-corrected chi connectivity index (χ4v) is 5.11. The van der Waals surface area contributed by atoms with Crippen LogP contribution in [0.2, 0.25) is 0 Å². The van der Waals surface area contributed by atoms with E-state index < -0.39 is 10.0 Å². The molecule has 1 amide bonds. The second-order valence-electron chi connectivity index (χ2n) is 7.09. The Morgan fingerprint density at radius 2 is 1.79 bits per heavy atom. The highest BCUT2D eigenvalue weighted by Gasteiger charge is 2.29. The molecule has 0 aliphatic carbocycles. The summed E-state index contributed by atoms with van der Waals surface area (Å²) in [5, 5.41) is 2.82. The van der Waals surface area contributed by atoms with Gasteiger partial charge < -0.3 is 10.1 Å². The smallest absolute Gasteiger partial charge is 0.246 e. The number of carbonyl (C=O) groups excluding carboxylic acids is 1. The van der Waals surface area contributed by atoms with Gasteiger partial charge in [-0.15, -0.1) is 0 Å². The van der Waals surface area contributed by atoms with E-state index >= 15 is 0 Å². The summed E-state index contributed by atoms with van der Waals surface area (Å²) in [6, 6.07) is 14.6. The topological polar surface area (TPSA) is 75.7 Å². The van der Waals surface area contributed by atoms with Gasteiger partial charge in [-0.25, -0.2) is 8.42 Å². The Morgan fingerprint density at radius 1 is 1.07 bits per heavy atom. The van der Waals surface area contributed by atoms with Gasteiger partial charge >= 0.3 is 0 Å². The molecule has 1 aliphatic rings. The monoisotopic (exact) mass is 416 g/mol. The standard InChI is InChI=1S/C22H28N2O4S/c1-2-28-20-13-12-19(23-22(25)14-11-18-9-5-3-6-10-18)17-21(20)29(26,27)24-15-7-4-8-16-24/h3,5-6,9-10,12-13,17H,2,4,7-8,11,14-16H2,1H3,(H,23,25). The number of nitrogens with one attached hydrogen (secondary N) is 1. The first-order chi connectivity index (χ1) is 14.0. The Labute approximate surface area is 172 Å². The van der Waals surface area contributed by atoms with Gasteiger partial charge in [-0.2, -0.15) is 4.31 Å². The fraction of sp³-hybridized carbons (Fsp3) is 0.409. The van der Waals surface area contributed by atoms with Gasteiger partial charge in [0.05, 0.1) is 6.61 Å². The van der Waals surface area contributed by atoms with Crippen LogP contribution in [0.15, 0.2) is 53.4 Å². The number of benzene rings is 2. The minimum atomic E-state index is -3.67. The van der Waals surface area contributed by atoms with Gasteiger partial charge in [0.1, 0.15) is 10.6 Å². The molecule has 1 N–H and O–H groups in total. The highest BCUT2D eigenvalue weighted by Crippen LogP contribution is 2.31. The molecule has 1 fully saturated rings. The number of aryl methyl sites for hydroxylation is 1. The van der Waals surface area contributed by atoms with Crippen LogP contribution < -0.4 is 10.1 Å². The highest BCUT2D eigenvalue weighted by atomic mass is 32.2. The summed E-state index contributed by atoms with van der Waals surface area (Å²) in [6.07, 6.45) is 3.72. The maximum atomic E-state index is 13.2. The number of amides is 1. The molecule has 0 aromatic heterocycles. The molecule has 1 heterocycles. The third kappa shape index (κ3) is 5.58. The summed E-state index contributed by atoms with van der Waals surface area (Å²) in [6.45, 7) is 3.21. The van der Waals surface area contributed by atoms with Crippen LogP contribution in [0, 0.1) is 0 Å². The summed E-state index contributed by atoms with van der Waals surface area (Å²) in [5.74, 6) is 0.166. The van der Waals surface area contributed by atoms with E-state index in [9.17, 15) is 13.2 Å². The van der Waals surface area contributed by atoms with Crippen LogP contribution in [0.4, 0.5) is 5.69 Å². The Morgan fingerprint density at radius 3 is 2.48 bits per heavy atom. The van der Waals surface area contributed by atoms with E-state index in [0.717, 1.165) is 24.8 Å². The van der Waals surface area contributed by atoms with Gasteiger partial charge in [-0.1, -0.05) is 36.8 Å². The molecule has 0 bridgehead atoms. The molecule has 6 nitrogen and oxygen atoms in total. The van der Waals surface area contributed by atoms with E-state index in [-0.39, 0.29) is 10.8 Å². The first kappa shape index (κ1) is 21.3. The highest BCUT2D eigenvalue weighted by molar-refractivity contribution is 7.89. The zero-order chi connectivity index (χ0) is 20.7. The van der Waals surface area contributed by atoms with Crippen molar-refractivity contribution in [1.82, 2.24) is 4.31 Å². The Bertz CT molecular complexity index is 923. The molecule has 156 valence electrons. The number of ether oxygens (including phenoxy) is 1. The number of carbonyl (C=O) groups is 1. The quantitative estimate of drug-likeness (QED) is 0.710. The summed E-state index contributed by atoms with van der Waals surface area (Å²) in [7, 11) is -3.67. The van der Waals surface area contributed by atoms with Crippen molar-refractivity contribution in [2.75, 3.05) is 25.0 Å². The summed E-state index contributed by atoms with van der Waals surface area (Å²) in [5.41, 5.74) is 1.55. The second kappa shape index (κ2) is 9.89. The number of hydrogen-bond donors (Lipinski definition) is 1. The van der Waals surface area contributed by atoms with Crippen molar-refractivity contribution in [1.29, 1.82) is 0 Å². The van der Waals surface area contributed by atoms with Crippen LogP contribution >= 0.6 is 0 Å². The van der Waals surface area contributed by atoms with Gasteiger partial charge in [0, 0.05) is 25.2 Å². The molecular formula is C22H28N2O4S. The molecule has 0 radical (unpaired) electrons. The zero-order valence-corrected chi connectivity index (χ0v) is 17.6. The molecular weight excluding hydrogens is 388 g/mol. The summed E-state index contributed by atoms with van der Waals surface area (Å²) < 4.78 is 33.4. The van der Waals surface area contributed by atoms with Crippen LogP contribution in [0.25, 0.3) is 0 Å². The van der Waals surface area contributed by atoms with Crippen molar-refractivity contribution in [3.05, 3.63) is 54.1 Å². The lowest BCUT2D eigenvalue weighted by Gasteiger charge is -2.27. The summed E-state index contributed by atoms with van der Waals surface area (Å²) in [4.78, 5) is 12.5. The number of sulfonamides is 1. The van der Waals surface area contributed by atoms with E-state index in [4.69, 9.17) is 4.74 Å². The van der Waals surface area contributed by atoms with Gasteiger partial charge in [0.15, 0.2) is 0 Å². The van der Waals surface area contributed by atoms with Crippen LogP contribution in [0.1, 0.15) is 38.2 Å². The number of anilines is 1. The van der Waals surface area contributed by atoms with Crippen molar-refractivity contribution < 1.29 is 17.9 Å². The molecule has 0 spiro atoms. The Kier molecular flexibility index (Phi) is 7.28. The lowest BCUT2D eigenvalue weighted by Crippen LogP contribution is -2.35. The molecule has 2 aromatic rings. The lowest BCUT2D eigenvalue weighted by molar-refractivity contribution is -0.116. The zero-order valence-electron chi connectivity index (χ0n) is 16.8. The SMILES string of the molecule is CCOc1ccc(NC(=O)CCc2ccccc2)cc1S(=O)(=O)N1CCCCC1. The summed E-state index contributed by atoms with van der Waals surface area (Å²) >= 11 is 0. The molecule has 0 atom stereocenters. The molecule has 7 heteroatoms. The Balaban J connectivity index is 1.76. The van der Waals surface area contributed by atoms with E-state index in [1.54, 1.807) is 12.1 Å². The number of nitrogens with zero attached hydrogens (tertiary/aromatic N) is 1. The van der Waals surface area contributed by atoms with Crippen LogP contribution in [0.3, 0.4) is 0 Å².